The van der Waals surface area contributed by atoms with E-state index in [1.54, 1.807) is 29.2 Å². The lowest BCUT2D eigenvalue weighted by Gasteiger charge is -2.34. The van der Waals surface area contributed by atoms with Crippen LogP contribution in [-0.4, -0.2) is 80.8 Å². The number of halogens is 1. The molecule has 0 unspecified atom stereocenters. The molecule has 1 aliphatic rings. The van der Waals surface area contributed by atoms with Gasteiger partial charge in [0.15, 0.2) is 0 Å². The summed E-state index contributed by atoms with van der Waals surface area (Å²) in [6.07, 6.45) is 0. The van der Waals surface area contributed by atoms with E-state index in [0.717, 1.165) is 27.6 Å². The SMILES string of the molecule is Cc1nc(-c2ccc(S(=O)(=O)N[C@@H](CNC(=O)c3ccc(Cl)s3)C(=O)N3CCN(C)CC3)cc2)cs1. The fourth-order valence-electron chi connectivity index (χ4n) is 3.70. The van der Waals surface area contributed by atoms with E-state index in [4.69, 9.17) is 11.6 Å². The third kappa shape index (κ3) is 6.50. The lowest BCUT2D eigenvalue weighted by Crippen LogP contribution is -2.57. The lowest BCUT2D eigenvalue weighted by atomic mass is 10.2. The molecule has 0 bridgehead atoms. The Morgan fingerprint density at radius 1 is 1.11 bits per heavy atom. The van der Waals surface area contributed by atoms with Crippen molar-refractivity contribution in [3.05, 3.63) is 56.0 Å². The molecule has 192 valence electrons. The normalized spacial score (nSPS) is 15.6. The Balaban J connectivity index is 1.51. The summed E-state index contributed by atoms with van der Waals surface area (Å²) in [6.45, 7) is 4.02. The quantitative estimate of drug-likeness (QED) is 0.433. The van der Waals surface area contributed by atoms with E-state index < -0.39 is 22.0 Å². The molecule has 0 aliphatic carbocycles. The van der Waals surface area contributed by atoms with Crippen LogP contribution in [-0.2, 0) is 14.8 Å². The molecule has 9 nitrogen and oxygen atoms in total. The van der Waals surface area contributed by atoms with Crippen molar-refractivity contribution in [2.45, 2.75) is 17.9 Å². The van der Waals surface area contributed by atoms with Gasteiger partial charge >= 0.3 is 0 Å². The fraction of sp³-hybridized carbons (Fsp3) is 0.348. The van der Waals surface area contributed by atoms with Gasteiger partial charge in [-0.3, -0.25) is 9.59 Å². The molecule has 13 heteroatoms. The van der Waals surface area contributed by atoms with E-state index in [1.807, 2.05) is 19.4 Å². The molecule has 2 aromatic heterocycles. The van der Waals surface area contributed by atoms with E-state index >= 15 is 0 Å². The highest BCUT2D eigenvalue weighted by Gasteiger charge is 2.31. The van der Waals surface area contributed by atoms with Crippen molar-refractivity contribution in [2.75, 3.05) is 39.8 Å². The third-order valence-corrected chi connectivity index (χ3v) is 9.24. The molecule has 1 atom stereocenters. The van der Waals surface area contributed by atoms with Crippen molar-refractivity contribution >= 4 is 56.1 Å². The van der Waals surface area contributed by atoms with Crippen LogP contribution in [0, 0.1) is 6.92 Å². The fourth-order valence-corrected chi connectivity index (χ4v) is 6.47. The molecule has 0 radical (unpaired) electrons. The van der Waals surface area contributed by atoms with Crippen LogP contribution >= 0.6 is 34.3 Å². The van der Waals surface area contributed by atoms with Crippen molar-refractivity contribution in [2.24, 2.45) is 0 Å². The van der Waals surface area contributed by atoms with Crippen molar-refractivity contribution in [3.8, 4) is 11.3 Å². The molecule has 3 heterocycles. The smallest absolute Gasteiger partial charge is 0.261 e. The maximum Gasteiger partial charge on any atom is 0.261 e. The van der Waals surface area contributed by atoms with E-state index in [9.17, 15) is 18.0 Å². The van der Waals surface area contributed by atoms with Crippen LogP contribution in [0.5, 0.6) is 0 Å². The van der Waals surface area contributed by atoms with Gasteiger partial charge in [-0.15, -0.1) is 22.7 Å². The second-order valence-corrected chi connectivity index (χ2v) is 12.9. The van der Waals surface area contributed by atoms with Crippen LogP contribution in [0.2, 0.25) is 4.34 Å². The molecule has 36 heavy (non-hydrogen) atoms. The largest absolute Gasteiger partial charge is 0.349 e. The van der Waals surface area contributed by atoms with Gasteiger partial charge in [-0.2, -0.15) is 4.72 Å². The Morgan fingerprint density at radius 2 is 1.81 bits per heavy atom. The Kier molecular flexibility index (Phi) is 8.43. The Hall–Kier alpha value is -2.35. The van der Waals surface area contributed by atoms with E-state index in [2.05, 4.69) is 19.9 Å². The molecule has 3 aromatic rings. The first-order valence-corrected chi connectivity index (χ1v) is 14.7. The number of nitrogens with one attached hydrogen (secondary N) is 2. The van der Waals surface area contributed by atoms with Crippen LogP contribution in [0.25, 0.3) is 11.3 Å². The summed E-state index contributed by atoms with van der Waals surface area (Å²) in [5.74, 6) is -0.809. The molecule has 0 saturated carbocycles. The van der Waals surface area contributed by atoms with Gasteiger partial charge < -0.3 is 15.1 Å². The molecular formula is C23H26ClN5O4S3. The summed E-state index contributed by atoms with van der Waals surface area (Å²) in [6, 6.07) is 8.35. The van der Waals surface area contributed by atoms with Crippen molar-refractivity contribution < 1.29 is 18.0 Å². The summed E-state index contributed by atoms with van der Waals surface area (Å²) in [5.41, 5.74) is 1.57. The van der Waals surface area contributed by atoms with Crippen molar-refractivity contribution in [3.63, 3.8) is 0 Å². The number of hydrogen-bond donors (Lipinski definition) is 2. The predicted molar refractivity (Wildman–Crippen MR) is 142 cm³/mol. The molecule has 2 N–H and O–H groups in total. The zero-order valence-corrected chi connectivity index (χ0v) is 22.9. The average molecular weight is 568 g/mol. The topological polar surface area (TPSA) is 112 Å². The van der Waals surface area contributed by atoms with Gasteiger partial charge in [0.1, 0.15) is 6.04 Å². The van der Waals surface area contributed by atoms with Gasteiger partial charge in [-0.25, -0.2) is 13.4 Å². The zero-order valence-electron chi connectivity index (χ0n) is 19.7. The number of benzene rings is 1. The van der Waals surface area contributed by atoms with E-state index in [0.29, 0.717) is 35.4 Å². The molecule has 2 amide bonds. The van der Waals surface area contributed by atoms with Crippen LogP contribution in [0.3, 0.4) is 0 Å². The van der Waals surface area contributed by atoms with Gasteiger partial charge in [0.2, 0.25) is 15.9 Å². The average Bonchev–Trinajstić information content (AvgIpc) is 3.50. The molecular weight excluding hydrogens is 542 g/mol. The molecule has 0 spiro atoms. The van der Waals surface area contributed by atoms with Gasteiger partial charge in [-0.05, 0) is 38.2 Å². The maximum absolute atomic E-state index is 13.3. The van der Waals surface area contributed by atoms with E-state index in [1.165, 1.54) is 23.5 Å². The minimum Gasteiger partial charge on any atom is -0.349 e. The molecule has 1 aliphatic heterocycles. The minimum absolute atomic E-state index is 0.0192. The summed E-state index contributed by atoms with van der Waals surface area (Å²) in [7, 11) is -2.09. The first-order valence-electron chi connectivity index (χ1n) is 11.2. The van der Waals surface area contributed by atoms with Crippen LogP contribution in [0.4, 0.5) is 0 Å². The Morgan fingerprint density at radius 3 is 2.39 bits per heavy atom. The summed E-state index contributed by atoms with van der Waals surface area (Å²) >= 11 is 8.53. The number of likely N-dealkylation sites (N-methyl/N-ethyl adjacent to an activating group) is 1. The number of rotatable bonds is 8. The number of piperazine rings is 1. The van der Waals surface area contributed by atoms with Crippen LogP contribution in [0.15, 0.2) is 46.7 Å². The molecule has 4 rings (SSSR count). The monoisotopic (exact) mass is 567 g/mol. The van der Waals surface area contributed by atoms with Crippen molar-refractivity contribution in [1.29, 1.82) is 0 Å². The van der Waals surface area contributed by atoms with Gasteiger partial charge in [0.05, 0.1) is 24.8 Å². The first kappa shape index (κ1) is 26.7. The second kappa shape index (κ2) is 11.4. The summed E-state index contributed by atoms with van der Waals surface area (Å²) in [4.78, 5) is 34.4. The predicted octanol–water partition coefficient (Wildman–Crippen LogP) is 2.68. The minimum atomic E-state index is -4.05. The van der Waals surface area contributed by atoms with Crippen molar-refractivity contribution in [1.82, 2.24) is 24.8 Å². The Labute approximate surface area is 223 Å². The second-order valence-electron chi connectivity index (χ2n) is 8.39. The zero-order chi connectivity index (χ0) is 25.9. The molecule has 1 saturated heterocycles. The lowest BCUT2D eigenvalue weighted by molar-refractivity contribution is -0.134. The molecule has 1 aromatic carbocycles. The number of thiazole rings is 1. The first-order chi connectivity index (χ1) is 17.1. The van der Waals surface area contributed by atoms with Gasteiger partial charge in [0, 0.05) is 43.7 Å². The van der Waals surface area contributed by atoms with Crippen LogP contribution < -0.4 is 10.0 Å². The van der Waals surface area contributed by atoms with Crippen LogP contribution in [0.1, 0.15) is 14.7 Å². The van der Waals surface area contributed by atoms with Gasteiger partial charge in [-0.1, -0.05) is 23.7 Å². The number of aryl methyl sites for hydroxylation is 1. The third-order valence-electron chi connectivity index (χ3n) is 5.75. The number of thiophene rings is 1. The molecule has 1 fully saturated rings. The maximum atomic E-state index is 13.3. The van der Waals surface area contributed by atoms with Gasteiger partial charge in [0.25, 0.3) is 5.91 Å². The van der Waals surface area contributed by atoms with E-state index in [-0.39, 0.29) is 17.3 Å². The number of carbonyl (C=O) groups excluding carboxylic acids is 2. The highest BCUT2D eigenvalue weighted by Crippen LogP contribution is 2.23. The number of nitrogens with zero attached hydrogens (tertiary/aromatic N) is 3. The summed E-state index contributed by atoms with van der Waals surface area (Å²) < 4.78 is 29.4. The number of carbonyl (C=O) groups is 2. The number of sulfonamides is 1. The number of amides is 2. The number of aromatic nitrogens is 1. The standard InChI is InChI=1S/C23H26ClN5O4S3/c1-15-26-19(14-34-15)16-3-5-17(6-4-16)36(32,33)27-18(23(31)29-11-9-28(2)10-12-29)13-25-22(30)20-7-8-21(24)35-20/h3-8,14,18,27H,9-13H2,1-2H3,(H,25,30)/t18-/m0/s1. The number of hydrogen-bond acceptors (Lipinski definition) is 8. The highest BCUT2D eigenvalue weighted by atomic mass is 35.5. The highest BCUT2D eigenvalue weighted by molar-refractivity contribution is 7.89. The summed E-state index contributed by atoms with van der Waals surface area (Å²) in [5, 5.41) is 5.49. The Bertz CT molecular complexity index is 1330.